The van der Waals surface area contributed by atoms with Crippen molar-refractivity contribution in [3.8, 4) is 12.3 Å². The molecule has 0 spiro atoms. The quantitative estimate of drug-likeness (QED) is 0.372. The van der Waals surface area contributed by atoms with E-state index in [1.165, 1.54) is 0 Å². The van der Waals surface area contributed by atoms with Crippen LogP contribution < -0.4 is 16.8 Å². The van der Waals surface area contributed by atoms with E-state index in [2.05, 4.69) is 11.2 Å². The van der Waals surface area contributed by atoms with E-state index < -0.39 is 6.04 Å². The van der Waals surface area contributed by atoms with Gasteiger partial charge in [-0.3, -0.25) is 4.79 Å². The summed E-state index contributed by atoms with van der Waals surface area (Å²) in [5, 5.41) is 2.53. The molecule has 0 saturated carbocycles. The minimum absolute atomic E-state index is 0.185. The maximum atomic E-state index is 11.1. The van der Waals surface area contributed by atoms with Gasteiger partial charge in [0.05, 0.1) is 12.6 Å². The molecule has 0 aliphatic carbocycles. The monoisotopic (exact) mass is 183 g/mol. The largest absolute Gasteiger partial charge is 0.344 e. The van der Waals surface area contributed by atoms with Crippen molar-refractivity contribution in [3.63, 3.8) is 0 Å². The topological polar surface area (TPSA) is 81.1 Å². The lowest BCUT2D eigenvalue weighted by atomic mass is 10.1. The van der Waals surface area contributed by atoms with Gasteiger partial charge in [-0.2, -0.15) is 0 Å². The van der Waals surface area contributed by atoms with Gasteiger partial charge in [-0.05, 0) is 19.4 Å². The molecule has 0 aromatic rings. The highest BCUT2D eigenvalue weighted by atomic mass is 16.2. The molecule has 1 atom stereocenters. The summed E-state index contributed by atoms with van der Waals surface area (Å²) in [6, 6.07) is -0.458. The van der Waals surface area contributed by atoms with Crippen LogP contribution >= 0.6 is 0 Å². The van der Waals surface area contributed by atoms with Gasteiger partial charge >= 0.3 is 0 Å². The molecule has 0 bridgehead atoms. The van der Waals surface area contributed by atoms with Crippen LogP contribution in [0.25, 0.3) is 0 Å². The smallest absolute Gasteiger partial charge is 0.237 e. The van der Waals surface area contributed by atoms with E-state index in [0.29, 0.717) is 13.0 Å². The molecule has 0 aromatic carbocycles. The molecule has 0 heterocycles. The fourth-order valence-corrected chi connectivity index (χ4v) is 0.909. The lowest BCUT2D eigenvalue weighted by Crippen LogP contribution is -2.40. The van der Waals surface area contributed by atoms with Gasteiger partial charge in [0.2, 0.25) is 5.91 Å². The maximum Gasteiger partial charge on any atom is 0.237 e. The summed E-state index contributed by atoms with van der Waals surface area (Å²) >= 11 is 0. The first-order chi connectivity index (χ1) is 6.22. The summed E-state index contributed by atoms with van der Waals surface area (Å²) in [7, 11) is 0. The molecule has 4 nitrogen and oxygen atoms in total. The second-order valence-electron chi connectivity index (χ2n) is 2.81. The van der Waals surface area contributed by atoms with E-state index in [-0.39, 0.29) is 12.5 Å². The summed E-state index contributed by atoms with van der Waals surface area (Å²) in [6.07, 6.45) is 7.41. The second-order valence-corrected chi connectivity index (χ2v) is 2.81. The van der Waals surface area contributed by atoms with Crippen molar-refractivity contribution in [2.45, 2.75) is 25.3 Å². The van der Waals surface area contributed by atoms with E-state index >= 15 is 0 Å². The van der Waals surface area contributed by atoms with Crippen LogP contribution in [0.4, 0.5) is 0 Å². The predicted octanol–water partition coefficient (Wildman–Crippen LogP) is -0.808. The van der Waals surface area contributed by atoms with Crippen LogP contribution in [0.1, 0.15) is 19.3 Å². The maximum absolute atomic E-state index is 11.1. The van der Waals surface area contributed by atoms with Gasteiger partial charge in [-0.25, -0.2) is 0 Å². The lowest BCUT2D eigenvalue weighted by Gasteiger charge is -2.09. The normalized spacial score (nSPS) is 11.8. The summed E-state index contributed by atoms with van der Waals surface area (Å²) in [4.78, 5) is 11.1. The third-order valence-corrected chi connectivity index (χ3v) is 1.67. The van der Waals surface area contributed by atoms with Crippen LogP contribution in [-0.4, -0.2) is 25.0 Å². The van der Waals surface area contributed by atoms with Crippen LogP contribution in [0, 0.1) is 12.3 Å². The SMILES string of the molecule is C#CCNC(=O)[C@@H](N)CCCCN. The number of hydrogen-bond donors (Lipinski definition) is 3. The van der Waals surface area contributed by atoms with E-state index in [1.54, 1.807) is 0 Å². The third-order valence-electron chi connectivity index (χ3n) is 1.67. The number of nitrogens with two attached hydrogens (primary N) is 2. The van der Waals surface area contributed by atoms with Gasteiger partial charge in [0, 0.05) is 0 Å². The number of unbranched alkanes of at least 4 members (excludes halogenated alkanes) is 1. The molecule has 4 heteroatoms. The first-order valence-corrected chi connectivity index (χ1v) is 4.39. The van der Waals surface area contributed by atoms with Crippen molar-refractivity contribution in [3.05, 3.63) is 0 Å². The Morgan fingerprint density at radius 1 is 1.54 bits per heavy atom. The summed E-state index contributed by atoms with van der Waals surface area (Å²) < 4.78 is 0. The molecule has 0 saturated heterocycles. The van der Waals surface area contributed by atoms with E-state index in [9.17, 15) is 4.79 Å². The molecule has 13 heavy (non-hydrogen) atoms. The highest BCUT2D eigenvalue weighted by molar-refractivity contribution is 5.81. The van der Waals surface area contributed by atoms with Gasteiger partial charge in [-0.1, -0.05) is 12.3 Å². The van der Waals surface area contributed by atoms with Crippen molar-refractivity contribution in [2.24, 2.45) is 11.5 Å². The number of amides is 1. The molecule has 0 rings (SSSR count). The molecule has 0 fully saturated rings. The number of nitrogens with one attached hydrogen (secondary N) is 1. The van der Waals surface area contributed by atoms with E-state index in [4.69, 9.17) is 17.9 Å². The minimum Gasteiger partial charge on any atom is -0.344 e. The number of carbonyl (C=O) groups excluding carboxylic acids is 1. The first-order valence-electron chi connectivity index (χ1n) is 4.39. The zero-order valence-electron chi connectivity index (χ0n) is 7.75. The van der Waals surface area contributed by atoms with Gasteiger partial charge in [0.15, 0.2) is 0 Å². The molecule has 0 aliphatic rings. The van der Waals surface area contributed by atoms with E-state index in [0.717, 1.165) is 12.8 Å². The molecule has 0 aromatic heterocycles. The van der Waals surface area contributed by atoms with Crippen LogP contribution in [-0.2, 0) is 4.79 Å². The standard InChI is InChI=1S/C9H17N3O/c1-2-7-12-9(13)8(11)5-3-4-6-10/h1,8H,3-7,10-11H2,(H,12,13)/t8-/m0/s1. The zero-order chi connectivity index (χ0) is 10.1. The third kappa shape index (κ3) is 6.14. The molecule has 1 amide bonds. The average molecular weight is 183 g/mol. The highest BCUT2D eigenvalue weighted by Crippen LogP contribution is 1.97. The van der Waals surface area contributed by atoms with Crippen molar-refractivity contribution in [1.29, 1.82) is 0 Å². The van der Waals surface area contributed by atoms with Crippen molar-refractivity contribution in [2.75, 3.05) is 13.1 Å². The Morgan fingerprint density at radius 3 is 2.77 bits per heavy atom. The predicted molar refractivity (Wildman–Crippen MR) is 52.7 cm³/mol. The Kier molecular flexibility index (Phi) is 6.98. The van der Waals surface area contributed by atoms with Crippen LogP contribution in [0.5, 0.6) is 0 Å². The Hall–Kier alpha value is -1.05. The molecule has 0 radical (unpaired) electrons. The van der Waals surface area contributed by atoms with Crippen LogP contribution in [0.2, 0.25) is 0 Å². The first kappa shape index (κ1) is 11.9. The molecule has 74 valence electrons. The van der Waals surface area contributed by atoms with Gasteiger partial charge in [-0.15, -0.1) is 6.42 Å². The van der Waals surface area contributed by atoms with Gasteiger partial charge in [0.25, 0.3) is 0 Å². The highest BCUT2D eigenvalue weighted by Gasteiger charge is 2.10. The fraction of sp³-hybridized carbons (Fsp3) is 0.667. The van der Waals surface area contributed by atoms with Gasteiger partial charge < -0.3 is 16.8 Å². The summed E-state index contributed by atoms with van der Waals surface area (Å²) in [5.74, 6) is 2.13. The van der Waals surface area contributed by atoms with Crippen molar-refractivity contribution < 1.29 is 4.79 Å². The molecule has 5 N–H and O–H groups in total. The Bertz CT molecular complexity index is 186. The van der Waals surface area contributed by atoms with Crippen molar-refractivity contribution in [1.82, 2.24) is 5.32 Å². The average Bonchev–Trinajstić information content (AvgIpc) is 2.14. The number of terminal acetylenes is 1. The summed E-state index contributed by atoms with van der Waals surface area (Å²) in [6.45, 7) is 0.877. The fourth-order valence-electron chi connectivity index (χ4n) is 0.909. The van der Waals surface area contributed by atoms with Gasteiger partial charge in [0.1, 0.15) is 0 Å². The lowest BCUT2D eigenvalue weighted by molar-refractivity contribution is -0.122. The molecule has 0 unspecified atom stereocenters. The minimum atomic E-state index is -0.458. The number of carbonyl (C=O) groups is 1. The second kappa shape index (κ2) is 7.59. The van der Waals surface area contributed by atoms with E-state index in [1.807, 2.05) is 0 Å². The Morgan fingerprint density at radius 2 is 2.23 bits per heavy atom. The van der Waals surface area contributed by atoms with Crippen LogP contribution in [0.15, 0.2) is 0 Å². The van der Waals surface area contributed by atoms with Crippen molar-refractivity contribution >= 4 is 5.91 Å². The molecular formula is C9H17N3O. The van der Waals surface area contributed by atoms with Crippen LogP contribution in [0.3, 0.4) is 0 Å². The molecular weight excluding hydrogens is 166 g/mol. The number of hydrogen-bond acceptors (Lipinski definition) is 3. The zero-order valence-corrected chi connectivity index (χ0v) is 7.75. The Labute approximate surface area is 79.0 Å². The Balaban J connectivity index is 3.52. The summed E-state index contributed by atoms with van der Waals surface area (Å²) in [5.41, 5.74) is 10.9. The number of rotatable bonds is 6. The molecule has 0 aliphatic heterocycles.